The maximum atomic E-state index is 12.5. The summed E-state index contributed by atoms with van der Waals surface area (Å²) in [4.78, 5) is 57.5. The molecule has 0 fully saturated rings. The van der Waals surface area contributed by atoms with Crippen LogP contribution in [0.15, 0.2) is 30.3 Å². The van der Waals surface area contributed by atoms with E-state index in [1.165, 1.54) is 0 Å². The van der Waals surface area contributed by atoms with Crippen LogP contribution >= 0.6 is 0 Å². The van der Waals surface area contributed by atoms with Gasteiger partial charge in [0, 0.05) is 6.42 Å². The van der Waals surface area contributed by atoms with E-state index in [-0.39, 0.29) is 6.42 Å². The molecule has 0 bridgehead atoms. The highest BCUT2D eigenvalue weighted by atomic mass is 16.4. The number of nitrogens with two attached hydrogens (primary N) is 2. The quantitative estimate of drug-likeness (QED) is 0.246. The van der Waals surface area contributed by atoms with Gasteiger partial charge in [-0.3, -0.25) is 19.2 Å². The standard InChI is InChI=1S/C17H22N4O7/c18-10(7-14(23)24)15(25)20-11(6-9-4-2-1-3-5-9)16(26)21-12(17(27)28)8-13(19)22/h1-5,10-12H,6-8,18H2,(H2,19,22)(H,20,25)(H,21,26)(H,23,24)(H,27,28). The molecule has 28 heavy (non-hydrogen) atoms. The monoisotopic (exact) mass is 394 g/mol. The van der Waals surface area contributed by atoms with Crippen LogP contribution in [0, 0.1) is 0 Å². The summed E-state index contributed by atoms with van der Waals surface area (Å²) in [5.41, 5.74) is 11.1. The minimum absolute atomic E-state index is 0.0128. The van der Waals surface area contributed by atoms with Crippen LogP contribution in [0.2, 0.25) is 0 Å². The molecule has 11 nitrogen and oxygen atoms in total. The molecule has 0 saturated heterocycles. The topological polar surface area (TPSA) is 202 Å². The number of aliphatic carboxylic acids is 2. The third kappa shape index (κ3) is 7.83. The highest BCUT2D eigenvalue weighted by molar-refractivity contribution is 5.94. The Morgan fingerprint density at radius 3 is 1.96 bits per heavy atom. The molecule has 0 aliphatic rings. The fraction of sp³-hybridized carbons (Fsp3) is 0.353. The van der Waals surface area contributed by atoms with Gasteiger partial charge in [0.05, 0.1) is 18.9 Å². The Balaban J connectivity index is 2.96. The van der Waals surface area contributed by atoms with E-state index in [2.05, 4.69) is 10.6 Å². The summed E-state index contributed by atoms with van der Waals surface area (Å²) in [6.07, 6.45) is -1.29. The molecule has 0 heterocycles. The highest BCUT2D eigenvalue weighted by Gasteiger charge is 2.29. The molecule has 11 heteroatoms. The lowest BCUT2D eigenvalue weighted by molar-refractivity contribution is -0.144. The second-order valence-corrected chi connectivity index (χ2v) is 6.03. The van der Waals surface area contributed by atoms with Gasteiger partial charge in [-0.05, 0) is 5.56 Å². The van der Waals surface area contributed by atoms with Gasteiger partial charge in [-0.25, -0.2) is 4.79 Å². The summed E-state index contributed by atoms with van der Waals surface area (Å²) in [6.45, 7) is 0. The first-order valence-electron chi connectivity index (χ1n) is 8.23. The van der Waals surface area contributed by atoms with Gasteiger partial charge >= 0.3 is 11.9 Å². The maximum Gasteiger partial charge on any atom is 0.326 e. The number of amides is 3. The normalized spacial score (nSPS) is 13.6. The molecule has 0 aromatic heterocycles. The van der Waals surface area contributed by atoms with Crippen molar-refractivity contribution in [1.29, 1.82) is 0 Å². The Hall–Kier alpha value is -3.47. The number of hydrogen-bond acceptors (Lipinski definition) is 6. The average molecular weight is 394 g/mol. The van der Waals surface area contributed by atoms with Crippen molar-refractivity contribution in [2.75, 3.05) is 0 Å². The molecule has 1 aromatic carbocycles. The van der Waals surface area contributed by atoms with Crippen LogP contribution in [0.1, 0.15) is 18.4 Å². The summed E-state index contributed by atoms with van der Waals surface area (Å²) in [6, 6.07) is 4.29. The van der Waals surface area contributed by atoms with E-state index in [0.717, 1.165) is 0 Å². The summed E-state index contributed by atoms with van der Waals surface area (Å²) in [5.74, 6) is -5.47. The first-order valence-corrected chi connectivity index (χ1v) is 8.23. The maximum absolute atomic E-state index is 12.5. The number of carbonyl (C=O) groups is 5. The van der Waals surface area contributed by atoms with Crippen molar-refractivity contribution in [2.45, 2.75) is 37.4 Å². The van der Waals surface area contributed by atoms with Crippen molar-refractivity contribution < 1.29 is 34.2 Å². The van der Waals surface area contributed by atoms with Crippen molar-refractivity contribution >= 4 is 29.7 Å². The fourth-order valence-electron chi connectivity index (χ4n) is 2.29. The molecule has 3 unspecified atom stereocenters. The number of primary amides is 1. The van der Waals surface area contributed by atoms with Gasteiger partial charge in [0.25, 0.3) is 0 Å². The SMILES string of the molecule is NC(=O)CC(NC(=O)C(Cc1ccccc1)NC(=O)C(N)CC(=O)O)C(=O)O. The second kappa shape index (κ2) is 10.6. The van der Waals surface area contributed by atoms with Crippen molar-refractivity contribution in [3.8, 4) is 0 Å². The molecular weight excluding hydrogens is 372 g/mol. The van der Waals surface area contributed by atoms with Crippen LogP contribution in [0.25, 0.3) is 0 Å². The zero-order valence-electron chi connectivity index (χ0n) is 14.8. The molecule has 0 radical (unpaired) electrons. The van der Waals surface area contributed by atoms with Gasteiger partial charge in [0.2, 0.25) is 17.7 Å². The van der Waals surface area contributed by atoms with Crippen LogP contribution < -0.4 is 22.1 Å². The molecule has 0 aliphatic carbocycles. The predicted octanol–water partition coefficient (Wildman–Crippen LogP) is -2.04. The molecule has 0 saturated carbocycles. The van der Waals surface area contributed by atoms with E-state index in [1.54, 1.807) is 30.3 Å². The van der Waals surface area contributed by atoms with Crippen LogP contribution in [-0.4, -0.2) is 58.0 Å². The van der Waals surface area contributed by atoms with E-state index in [9.17, 15) is 24.0 Å². The average Bonchev–Trinajstić information content (AvgIpc) is 2.60. The van der Waals surface area contributed by atoms with Gasteiger partial charge in [0.1, 0.15) is 12.1 Å². The largest absolute Gasteiger partial charge is 0.481 e. The number of carbonyl (C=O) groups excluding carboxylic acids is 3. The van der Waals surface area contributed by atoms with E-state index in [4.69, 9.17) is 21.7 Å². The molecule has 152 valence electrons. The van der Waals surface area contributed by atoms with Gasteiger partial charge < -0.3 is 32.3 Å². The van der Waals surface area contributed by atoms with Crippen molar-refractivity contribution in [1.82, 2.24) is 10.6 Å². The highest BCUT2D eigenvalue weighted by Crippen LogP contribution is 2.05. The minimum atomic E-state index is -1.58. The van der Waals surface area contributed by atoms with Crippen molar-refractivity contribution in [3.05, 3.63) is 35.9 Å². The van der Waals surface area contributed by atoms with Gasteiger partial charge in [-0.15, -0.1) is 0 Å². The Labute approximate surface area is 160 Å². The van der Waals surface area contributed by atoms with Crippen LogP contribution in [0.3, 0.4) is 0 Å². The molecule has 0 aliphatic heterocycles. The number of nitrogens with one attached hydrogen (secondary N) is 2. The molecule has 3 amide bonds. The fourth-order valence-corrected chi connectivity index (χ4v) is 2.29. The summed E-state index contributed by atoms with van der Waals surface area (Å²) < 4.78 is 0. The summed E-state index contributed by atoms with van der Waals surface area (Å²) in [5, 5.41) is 22.3. The van der Waals surface area contributed by atoms with E-state index in [0.29, 0.717) is 5.56 Å². The zero-order chi connectivity index (χ0) is 21.3. The molecule has 0 spiro atoms. The van der Waals surface area contributed by atoms with Gasteiger partial charge in [0.15, 0.2) is 0 Å². The molecule has 8 N–H and O–H groups in total. The van der Waals surface area contributed by atoms with Crippen LogP contribution in [0.4, 0.5) is 0 Å². The summed E-state index contributed by atoms with van der Waals surface area (Å²) >= 11 is 0. The first-order chi connectivity index (χ1) is 13.1. The van der Waals surface area contributed by atoms with Gasteiger partial charge in [-0.2, -0.15) is 0 Å². The Morgan fingerprint density at radius 1 is 0.893 bits per heavy atom. The molecule has 3 atom stereocenters. The minimum Gasteiger partial charge on any atom is -0.481 e. The van der Waals surface area contributed by atoms with E-state index >= 15 is 0 Å². The van der Waals surface area contributed by atoms with Crippen LogP contribution in [0.5, 0.6) is 0 Å². The number of rotatable bonds is 11. The first kappa shape index (κ1) is 22.6. The zero-order valence-corrected chi connectivity index (χ0v) is 14.8. The van der Waals surface area contributed by atoms with Gasteiger partial charge in [-0.1, -0.05) is 30.3 Å². The predicted molar refractivity (Wildman–Crippen MR) is 95.7 cm³/mol. The Kier molecular flexibility index (Phi) is 8.56. The lowest BCUT2D eigenvalue weighted by Gasteiger charge is -2.22. The molecule has 1 rings (SSSR count). The van der Waals surface area contributed by atoms with Crippen LogP contribution in [-0.2, 0) is 30.4 Å². The number of benzene rings is 1. The third-order valence-electron chi connectivity index (χ3n) is 3.67. The number of hydrogen-bond donors (Lipinski definition) is 6. The lowest BCUT2D eigenvalue weighted by atomic mass is 10.0. The molecular formula is C17H22N4O7. The third-order valence-corrected chi connectivity index (χ3v) is 3.67. The molecule has 1 aromatic rings. The summed E-state index contributed by atoms with van der Waals surface area (Å²) in [7, 11) is 0. The second-order valence-electron chi connectivity index (χ2n) is 6.03. The Morgan fingerprint density at radius 2 is 1.46 bits per heavy atom. The van der Waals surface area contributed by atoms with E-state index < -0.39 is 60.6 Å². The van der Waals surface area contributed by atoms with Crippen molar-refractivity contribution in [2.24, 2.45) is 11.5 Å². The number of carboxylic acid groups (broad SMARTS) is 2. The van der Waals surface area contributed by atoms with Crippen molar-refractivity contribution in [3.63, 3.8) is 0 Å². The Bertz CT molecular complexity index is 738. The van der Waals surface area contributed by atoms with E-state index in [1.807, 2.05) is 0 Å². The smallest absolute Gasteiger partial charge is 0.326 e. The lowest BCUT2D eigenvalue weighted by Crippen LogP contribution is -2.55. The number of carboxylic acids is 2.